The molecule has 2 rings (SSSR count). The van der Waals surface area contributed by atoms with Crippen LogP contribution in [-0.2, 0) is 0 Å². The van der Waals surface area contributed by atoms with Gasteiger partial charge in [-0.3, -0.25) is 4.79 Å². The molecule has 1 aromatic rings. The Morgan fingerprint density at radius 2 is 2.39 bits per heavy atom. The second kappa shape index (κ2) is 8.75. The largest absolute Gasteiger partial charge is 0.480 e. The lowest BCUT2D eigenvalue weighted by molar-refractivity contribution is 0.0928. The number of ether oxygens (including phenoxy) is 1. The molecule has 1 atom stereocenters. The van der Waals surface area contributed by atoms with Crippen LogP contribution in [0, 0.1) is 0 Å². The summed E-state index contributed by atoms with van der Waals surface area (Å²) in [5, 5.41) is 6.08. The zero-order valence-corrected chi connectivity index (χ0v) is 16.1. The van der Waals surface area contributed by atoms with Crippen molar-refractivity contribution in [2.45, 2.75) is 13.0 Å². The summed E-state index contributed by atoms with van der Waals surface area (Å²) in [7, 11) is 3.29. The van der Waals surface area contributed by atoms with Gasteiger partial charge in [0.15, 0.2) is 0 Å². The van der Waals surface area contributed by atoms with Crippen LogP contribution in [0.25, 0.3) is 0 Å². The summed E-state index contributed by atoms with van der Waals surface area (Å²) in [4.78, 5) is 19.3. The topological polar surface area (TPSA) is 66.5 Å². The van der Waals surface area contributed by atoms with Crippen LogP contribution in [-0.4, -0.2) is 67.1 Å². The average Bonchev–Trinajstić information content (AvgIpc) is 2.79. The molecule has 1 saturated heterocycles. The van der Waals surface area contributed by atoms with Gasteiger partial charge in [-0.15, -0.1) is 0 Å². The maximum Gasteiger partial charge on any atom is 0.257 e. The molecule has 1 unspecified atom stereocenters. The van der Waals surface area contributed by atoms with Crippen LogP contribution < -0.4 is 15.4 Å². The number of nitrogens with zero attached hydrogens (tertiary/aromatic N) is 2. The van der Waals surface area contributed by atoms with E-state index < -0.39 is 0 Å². The van der Waals surface area contributed by atoms with Gasteiger partial charge in [-0.25, -0.2) is 0 Å². The highest BCUT2D eigenvalue weighted by Crippen LogP contribution is 2.27. The number of likely N-dealkylation sites (N-methyl/N-ethyl adjacent to an activating group) is 1. The van der Waals surface area contributed by atoms with E-state index in [1.807, 2.05) is 11.8 Å². The zero-order valence-electron chi connectivity index (χ0n) is 13.7. The van der Waals surface area contributed by atoms with E-state index in [4.69, 9.17) is 4.74 Å². The second-order valence-electron chi connectivity index (χ2n) is 5.26. The summed E-state index contributed by atoms with van der Waals surface area (Å²) >= 11 is 5.30. The Kier molecular flexibility index (Phi) is 6.98. The fourth-order valence-electron chi connectivity index (χ4n) is 2.48. The highest BCUT2D eigenvalue weighted by Gasteiger charge is 2.23. The average molecular weight is 403 g/mol. The number of hydrogen-bond acceptors (Lipinski definition) is 6. The number of nitrogens with one attached hydrogen (secondary N) is 2. The third-order valence-electron chi connectivity index (χ3n) is 3.75. The van der Waals surface area contributed by atoms with Crippen LogP contribution in [0.1, 0.15) is 17.3 Å². The number of anilines is 1. The van der Waals surface area contributed by atoms with E-state index in [0.717, 1.165) is 35.6 Å². The lowest BCUT2D eigenvalue weighted by atomic mass is 10.2. The van der Waals surface area contributed by atoms with E-state index in [2.05, 4.69) is 43.4 Å². The zero-order chi connectivity index (χ0) is 16.8. The van der Waals surface area contributed by atoms with Crippen molar-refractivity contribution >= 4 is 39.4 Å². The number of aromatic nitrogens is 1. The molecule has 2 N–H and O–H groups in total. The molecule has 0 radical (unpaired) electrons. The normalized spacial score (nSPS) is 19.0. The van der Waals surface area contributed by atoms with E-state index in [1.54, 1.807) is 13.1 Å². The number of rotatable bonds is 5. The van der Waals surface area contributed by atoms with Crippen molar-refractivity contribution in [3.8, 4) is 5.88 Å². The highest BCUT2D eigenvalue weighted by atomic mass is 79.9. The minimum Gasteiger partial charge on any atom is -0.480 e. The van der Waals surface area contributed by atoms with Crippen LogP contribution in [0.15, 0.2) is 10.5 Å². The molecule has 0 saturated carbocycles. The summed E-state index contributed by atoms with van der Waals surface area (Å²) in [5.41, 5.74) is 0.440. The van der Waals surface area contributed by atoms with Crippen molar-refractivity contribution in [3.63, 3.8) is 0 Å². The predicted molar refractivity (Wildman–Crippen MR) is 98.7 cm³/mol. The van der Waals surface area contributed by atoms with Gasteiger partial charge in [-0.1, -0.05) is 6.92 Å². The molecule has 23 heavy (non-hydrogen) atoms. The predicted octanol–water partition coefficient (Wildman–Crippen LogP) is 2.06. The molecule has 1 fully saturated rings. The Labute approximate surface area is 149 Å². The maximum atomic E-state index is 12.7. The van der Waals surface area contributed by atoms with Crippen molar-refractivity contribution in [2.24, 2.45) is 0 Å². The molecular formula is C15H23BrN4O2S. The molecular weight excluding hydrogens is 380 g/mol. The van der Waals surface area contributed by atoms with Gasteiger partial charge in [0.05, 0.1) is 17.6 Å². The first-order valence-corrected chi connectivity index (χ1v) is 9.57. The number of carbonyl (C=O) groups is 1. The lowest BCUT2D eigenvalue weighted by Gasteiger charge is -2.23. The second-order valence-corrected chi connectivity index (χ2v) is 7.27. The van der Waals surface area contributed by atoms with Gasteiger partial charge < -0.3 is 20.3 Å². The molecule has 0 bridgehead atoms. The number of methoxy groups -OCH3 is 1. The van der Waals surface area contributed by atoms with Gasteiger partial charge in [-0.2, -0.15) is 16.7 Å². The monoisotopic (exact) mass is 402 g/mol. The molecule has 1 aromatic heterocycles. The van der Waals surface area contributed by atoms with Gasteiger partial charge in [0, 0.05) is 31.6 Å². The van der Waals surface area contributed by atoms with Crippen LogP contribution in [0.4, 0.5) is 5.82 Å². The van der Waals surface area contributed by atoms with Crippen LogP contribution in [0.5, 0.6) is 5.88 Å². The van der Waals surface area contributed by atoms with E-state index in [0.29, 0.717) is 17.3 Å². The van der Waals surface area contributed by atoms with Crippen molar-refractivity contribution < 1.29 is 9.53 Å². The first-order chi connectivity index (χ1) is 11.1. The molecule has 128 valence electrons. The molecule has 0 spiro atoms. The first kappa shape index (κ1) is 18.4. The van der Waals surface area contributed by atoms with Crippen LogP contribution in [0.2, 0.25) is 0 Å². The number of pyridine rings is 1. The van der Waals surface area contributed by atoms with Crippen LogP contribution in [0.3, 0.4) is 0 Å². The SMILES string of the molecule is CCN1CCSCC(NC(=O)c2cc(Br)c(NC)nc2OC)C1. The Hall–Kier alpha value is -0.990. The smallest absolute Gasteiger partial charge is 0.257 e. The Morgan fingerprint density at radius 1 is 1.61 bits per heavy atom. The van der Waals surface area contributed by atoms with Crippen molar-refractivity contribution in [1.82, 2.24) is 15.2 Å². The molecule has 0 aromatic carbocycles. The summed E-state index contributed by atoms with van der Waals surface area (Å²) in [6.07, 6.45) is 0. The number of carbonyl (C=O) groups excluding carboxylic acids is 1. The van der Waals surface area contributed by atoms with E-state index in [-0.39, 0.29) is 11.9 Å². The summed E-state index contributed by atoms with van der Waals surface area (Å²) in [6, 6.07) is 1.87. The Bertz CT molecular complexity index is 559. The highest BCUT2D eigenvalue weighted by molar-refractivity contribution is 9.10. The summed E-state index contributed by atoms with van der Waals surface area (Å²) in [6.45, 7) is 5.09. The third kappa shape index (κ3) is 4.74. The standard InChI is InChI=1S/C15H23BrN4O2S/c1-4-20-5-6-23-9-10(8-20)18-14(21)11-7-12(16)13(17-2)19-15(11)22-3/h7,10H,4-6,8-9H2,1-3H3,(H,17,19)(H,18,21). The summed E-state index contributed by atoms with van der Waals surface area (Å²) < 4.78 is 6.00. The fourth-order valence-corrected chi connectivity index (χ4v) is 4.02. The van der Waals surface area contributed by atoms with Crippen LogP contribution >= 0.6 is 27.7 Å². The lowest BCUT2D eigenvalue weighted by Crippen LogP contribution is -2.44. The molecule has 1 amide bonds. The molecule has 1 aliphatic heterocycles. The molecule has 6 nitrogen and oxygen atoms in total. The van der Waals surface area contributed by atoms with Gasteiger partial charge in [0.2, 0.25) is 5.88 Å². The van der Waals surface area contributed by atoms with Gasteiger partial charge >= 0.3 is 0 Å². The van der Waals surface area contributed by atoms with Gasteiger partial charge in [0.25, 0.3) is 5.91 Å². The van der Waals surface area contributed by atoms with Crippen molar-refractivity contribution in [1.29, 1.82) is 0 Å². The van der Waals surface area contributed by atoms with E-state index in [1.165, 1.54) is 7.11 Å². The van der Waals surface area contributed by atoms with Crippen molar-refractivity contribution in [2.75, 3.05) is 50.6 Å². The number of amides is 1. The van der Waals surface area contributed by atoms with Gasteiger partial charge in [-0.05, 0) is 28.5 Å². The molecule has 2 heterocycles. The summed E-state index contributed by atoms with van der Waals surface area (Å²) in [5.74, 6) is 2.84. The third-order valence-corrected chi connectivity index (χ3v) is 5.46. The van der Waals surface area contributed by atoms with Gasteiger partial charge in [0.1, 0.15) is 11.4 Å². The molecule has 1 aliphatic rings. The maximum absolute atomic E-state index is 12.7. The minimum atomic E-state index is -0.152. The quantitative estimate of drug-likeness (QED) is 0.785. The minimum absolute atomic E-state index is 0.127. The Balaban J connectivity index is 2.15. The van der Waals surface area contributed by atoms with E-state index in [9.17, 15) is 4.79 Å². The van der Waals surface area contributed by atoms with Crippen molar-refractivity contribution in [3.05, 3.63) is 16.1 Å². The fraction of sp³-hybridized carbons (Fsp3) is 0.600. The number of hydrogen-bond donors (Lipinski definition) is 2. The Morgan fingerprint density at radius 3 is 3.04 bits per heavy atom. The van der Waals surface area contributed by atoms with E-state index >= 15 is 0 Å². The first-order valence-electron chi connectivity index (χ1n) is 7.62. The molecule has 8 heteroatoms. The number of thioether (sulfide) groups is 1. The number of halogens is 1. The molecule has 0 aliphatic carbocycles.